The van der Waals surface area contributed by atoms with Gasteiger partial charge in [0.2, 0.25) is 0 Å². The first-order chi connectivity index (χ1) is 6.36. The number of ether oxygens (including phenoxy) is 1. The molecule has 1 saturated heterocycles. The number of hydrogen-bond donors (Lipinski definition) is 1. The fraction of sp³-hybridized carbons (Fsp3) is 0.600. The summed E-state index contributed by atoms with van der Waals surface area (Å²) in [6.45, 7) is 4.05. The van der Waals surface area contributed by atoms with E-state index >= 15 is 0 Å². The second kappa shape index (κ2) is 5.39. The summed E-state index contributed by atoms with van der Waals surface area (Å²) < 4.78 is 11.1. The summed E-state index contributed by atoms with van der Waals surface area (Å²) in [7, 11) is 0. The van der Waals surface area contributed by atoms with Crippen molar-refractivity contribution in [3.8, 4) is 0 Å². The maximum absolute atomic E-state index is 5.80. The molecule has 1 fully saturated rings. The number of furan rings is 1. The van der Waals surface area contributed by atoms with Gasteiger partial charge < -0.3 is 14.5 Å². The summed E-state index contributed by atoms with van der Waals surface area (Å²) >= 11 is 0. The molecular weight excluding hydrogens is 202 g/mol. The van der Waals surface area contributed by atoms with Gasteiger partial charge in [0.15, 0.2) is 0 Å². The van der Waals surface area contributed by atoms with Gasteiger partial charge in [-0.05, 0) is 32.0 Å². The highest BCUT2D eigenvalue weighted by molar-refractivity contribution is 5.85. The molecule has 14 heavy (non-hydrogen) atoms. The third kappa shape index (κ3) is 2.74. The van der Waals surface area contributed by atoms with E-state index in [2.05, 4.69) is 5.32 Å². The van der Waals surface area contributed by atoms with Gasteiger partial charge in [0.05, 0.1) is 12.4 Å². The number of nitrogens with one attached hydrogen (secondary N) is 1. The molecule has 1 aliphatic heterocycles. The standard InChI is InChI=1S/C10H15NO2.ClH/c1-8(10-3-2-6-12-10)13-9-4-5-11-7-9;/h2-3,6,8-9,11H,4-5,7H2,1H3;1H/t8?,9-;/m1./s1. The van der Waals surface area contributed by atoms with Crippen molar-refractivity contribution in [2.75, 3.05) is 13.1 Å². The van der Waals surface area contributed by atoms with Gasteiger partial charge in [-0.15, -0.1) is 12.4 Å². The lowest BCUT2D eigenvalue weighted by molar-refractivity contribution is -0.00297. The molecule has 2 heterocycles. The fourth-order valence-corrected chi connectivity index (χ4v) is 1.62. The van der Waals surface area contributed by atoms with Gasteiger partial charge in [-0.3, -0.25) is 0 Å². The average molecular weight is 218 g/mol. The summed E-state index contributed by atoms with van der Waals surface area (Å²) in [6, 6.07) is 3.84. The van der Waals surface area contributed by atoms with Crippen molar-refractivity contribution in [3.05, 3.63) is 24.2 Å². The predicted octanol–water partition coefficient (Wildman–Crippen LogP) is 2.14. The third-order valence-electron chi connectivity index (χ3n) is 2.36. The molecule has 2 rings (SSSR count). The minimum absolute atomic E-state index is 0. The van der Waals surface area contributed by atoms with Crippen molar-refractivity contribution in [1.29, 1.82) is 0 Å². The van der Waals surface area contributed by atoms with Gasteiger partial charge in [0, 0.05) is 6.54 Å². The molecule has 0 aromatic carbocycles. The van der Waals surface area contributed by atoms with Gasteiger partial charge in [0.25, 0.3) is 0 Å². The monoisotopic (exact) mass is 217 g/mol. The Balaban J connectivity index is 0.000000980. The summed E-state index contributed by atoms with van der Waals surface area (Å²) in [4.78, 5) is 0. The van der Waals surface area contributed by atoms with Gasteiger partial charge in [-0.1, -0.05) is 0 Å². The highest BCUT2D eigenvalue weighted by Gasteiger charge is 2.19. The zero-order chi connectivity index (χ0) is 9.10. The molecule has 0 amide bonds. The Morgan fingerprint density at radius 3 is 3.07 bits per heavy atom. The summed E-state index contributed by atoms with van der Waals surface area (Å²) in [5.74, 6) is 0.909. The lowest BCUT2D eigenvalue weighted by atomic mass is 10.2. The van der Waals surface area contributed by atoms with E-state index in [9.17, 15) is 0 Å². The van der Waals surface area contributed by atoms with E-state index in [0.29, 0.717) is 6.10 Å². The van der Waals surface area contributed by atoms with Gasteiger partial charge >= 0.3 is 0 Å². The highest BCUT2D eigenvalue weighted by Crippen LogP contribution is 2.20. The zero-order valence-corrected chi connectivity index (χ0v) is 9.05. The molecular formula is C10H16ClNO2. The number of rotatable bonds is 3. The number of halogens is 1. The van der Waals surface area contributed by atoms with Crippen molar-refractivity contribution in [3.63, 3.8) is 0 Å². The molecule has 0 bridgehead atoms. The average Bonchev–Trinajstić information content (AvgIpc) is 2.74. The molecule has 3 nitrogen and oxygen atoms in total. The molecule has 1 aromatic rings. The quantitative estimate of drug-likeness (QED) is 0.843. The minimum atomic E-state index is 0. The van der Waals surface area contributed by atoms with E-state index in [0.717, 1.165) is 25.3 Å². The Hall–Kier alpha value is -0.510. The van der Waals surface area contributed by atoms with Crippen molar-refractivity contribution >= 4 is 12.4 Å². The topological polar surface area (TPSA) is 34.4 Å². The number of hydrogen-bond acceptors (Lipinski definition) is 3. The van der Waals surface area contributed by atoms with E-state index < -0.39 is 0 Å². The maximum Gasteiger partial charge on any atom is 0.132 e. The Morgan fingerprint density at radius 2 is 2.50 bits per heavy atom. The van der Waals surface area contributed by atoms with Crippen molar-refractivity contribution in [1.82, 2.24) is 5.32 Å². The van der Waals surface area contributed by atoms with Crippen molar-refractivity contribution < 1.29 is 9.15 Å². The second-order valence-corrected chi connectivity index (χ2v) is 3.41. The van der Waals surface area contributed by atoms with E-state index in [-0.39, 0.29) is 18.5 Å². The van der Waals surface area contributed by atoms with Crippen LogP contribution in [0.25, 0.3) is 0 Å². The SMILES string of the molecule is CC(O[C@@H]1CCNC1)c1ccco1.Cl. The van der Waals surface area contributed by atoms with Crippen LogP contribution in [0.2, 0.25) is 0 Å². The molecule has 1 N–H and O–H groups in total. The van der Waals surface area contributed by atoms with Crippen LogP contribution in [0.15, 0.2) is 22.8 Å². The summed E-state index contributed by atoms with van der Waals surface area (Å²) in [5, 5.41) is 3.27. The minimum Gasteiger partial charge on any atom is -0.467 e. The Labute approximate surface area is 90.2 Å². The van der Waals surface area contributed by atoms with Gasteiger partial charge in [-0.25, -0.2) is 0 Å². The van der Waals surface area contributed by atoms with Crippen LogP contribution in [0.1, 0.15) is 25.2 Å². The molecule has 80 valence electrons. The van der Waals surface area contributed by atoms with Crippen LogP contribution < -0.4 is 5.32 Å². The molecule has 0 aliphatic carbocycles. The second-order valence-electron chi connectivity index (χ2n) is 3.41. The van der Waals surface area contributed by atoms with Gasteiger partial charge in [0.1, 0.15) is 11.9 Å². The van der Waals surface area contributed by atoms with Crippen LogP contribution in [-0.4, -0.2) is 19.2 Å². The molecule has 4 heteroatoms. The first kappa shape index (κ1) is 11.6. The van der Waals surface area contributed by atoms with Gasteiger partial charge in [-0.2, -0.15) is 0 Å². The fourth-order valence-electron chi connectivity index (χ4n) is 1.62. The van der Waals surface area contributed by atoms with Crippen molar-refractivity contribution in [2.24, 2.45) is 0 Å². The zero-order valence-electron chi connectivity index (χ0n) is 8.23. The largest absolute Gasteiger partial charge is 0.467 e. The first-order valence-electron chi connectivity index (χ1n) is 4.76. The van der Waals surface area contributed by atoms with E-state index in [4.69, 9.17) is 9.15 Å². The Morgan fingerprint density at radius 1 is 1.64 bits per heavy atom. The summed E-state index contributed by atoms with van der Waals surface area (Å²) in [5.41, 5.74) is 0. The lowest BCUT2D eigenvalue weighted by Gasteiger charge is -2.15. The molecule has 2 atom stereocenters. The lowest BCUT2D eigenvalue weighted by Crippen LogP contribution is -2.18. The van der Waals surface area contributed by atoms with E-state index in [1.165, 1.54) is 0 Å². The third-order valence-corrected chi connectivity index (χ3v) is 2.36. The Kier molecular flexibility index (Phi) is 4.45. The highest BCUT2D eigenvalue weighted by atomic mass is 35.5. The molecule has 0 spiro atoms. The van der Waals surface area contributed by atoms with Crippen LogP contribution in [-0.2, 0) is 4.74 Å². The molecule has 0 radical (unpaired) electrons. The van der Waals surface area contributed by atoms with Crippen LogP contribution >= 0.6 is 12.4 Å². The summed E-state index contributed by atoms with van der Waals surface area (Å²) in [6.07, 6.45) is 3.20. The predicted molar refractivity (Wildman–Crippen MR) is 56.7 cm³/mol. The van der Waals surface area contributed by atoms with E-state index in [1.54, 1.807) is 6.26 Å². The molecule has 1 aliphatic rings. The first-order valence-corrected chi connectivity index (χ1v) is 4.76. The molecule has 1 aromatic heterocycles. The Bertz CT molecular complexity index is 245. The van der Waals surface area contributed by atoms with Crippen LogP contribution in [0, 0.1) is 0 Å². The van der Waals surface area contributed by atoms with Crippen molar-refractivity contribution in [2.45, 2.75) is 25.6 Å². The normalized spacial score (nSPS) is 23.1. The van der Waals surface area contributed by atoms with Crippen LogP contribution in [0.3, 0.4) is 0 Å². The molecule has 0 saturated carbocycles. The van der Waals surface area contributed by atoms with Crippen LogP contribution in [0.5, 0.6) is 0 Å². The van der Waals surface area contributed by atoms with Crippen LogP contribution in [0.4, 0.5) is 0 Å². The smallest absolute Gasteiger partial charge is 0.132 e. The maximum atomic E-state index is 5.80. The van der Waals surface area contributed by atoms with E-state index in [1.807, 2.05) is 19.1 Å². The molecule has 1 unspecified atom stereocenters.